The number of thioether (sulfide) groups is 1. The Morgan fingerprint density at radius 1 is 0.955 bits per heavy atom. The van der Waals surface area contributed by atoms with Crippen LogP contribution in [0.4, 0.5) is 0 Å². The molecule has 22 heavy (non-hydrogen) atoms. The summed E-state index contributed by atoms with van der Waals surface area (Å²) in [6.45, 7) is 4.30. The molecule has 112 valence electrons. The Labute approximate surface area is 139 Å². The molecule has 1 aromatic heterocycles. The number of rotatable bonds is 4. The Morgan fingerprint density at radius 3 is 2.27 bits per heavy atom. The molecule has 0 aliphatic heterocycles. The van der Waals surface area contributed by atoms with E-state index in [1.54, 1.807) is 11.8 Å². The van der Waals surface area contributed by atoms with E-state index in [9.17, 15) is 0 Å². The molecule has 0 amide bonds. The smallest absolute Gasteiger partial charge is 0.196 e. The fraction of sp³-hybridized carbons (Fsp3) is 0.176. The van der Waals surface area contributed by atoms with Gasteiger partial charge in [0, 0.05) is 21.5 Å². The van der Waals surface area contributed by atoms with E-state index in [0.29, 0.717) is 10.3 Å². The largest absolute Gasteiger partial charge is 0.270 e. The van der Waals surface area contributed by atoms with E-state index in [4.69, 9.17) is 11.6 Å². The minimum absolute atomic E-state index is 0.435. The number of benzene rings is 2. The fourth-order valence-electron chi connectivity index (χ4n) is 2.15. The second-order valence-corrected chi connectivity index (χ2v) is 7.13. The van der Waals surface area contributed by atoms with Crippen molar-refractivity contribution >= 4 is 23.4 Å². The van der Waals surface area contributed by atoms with Gasteiger partial charge >= 0.3 is 0 Å². The van der Waals surface area contributed by atoms with Gasteiger partial charge in [-0.1, -0.05) is 55.4 Å². The van der Waals surface area contributed by atoms with Crippen molar-refractivity contribution in [1.82, 2.24) is 14.8 Å². The summed E-state index contributed by atoms with van der Waals surface area (Å²) in [5.74, 6) is 0.825. The topological polar surface area (TPSA) is 30.7 Å². The van der Waals surface area contributed by atoms with E-state index >= 15 is 0 Å². The molecule has 0 aliphatic rings. The van der Waals surface area contributed by atoms with E-state index in [0.717, 1.165) is 22.2 Å². The minimum Gasteiger partial charge on any atom is -0.270 e. The number of hydrogen-bond donors (Lipinski definition) is 0. The van der Waals surface area contributed by atoms with E-state index in [-0.39, 0.29) is 0 Å². The van der Waals surface area contributed by atoms with Gasteiger partial charge in [0.1, 0.15) is 0 Å². The van der Waals surface area contributed by atoms with Crippen molar-refractivity contribution in [3.63, 3.8) is 0 Å². The van der Waals surface area contributed by atoms with Crippen molar-refractivity contribution in [3.05, 3.63) is 59.6 Å². The highest BCUT2D eigenvalue weighted by Crippen LogP contribution is 2.30. The zero-order valence-corrected chi connectivity index (χ0v) is 14.0. The minimum atomic E-state index is 0.435. The molecule has 0 atom stereocenters. The SMILES string of the molecule is CC(C)Sc1nnc(-c2ccc(Cl)cc2)n1-c1ccccc1. The van der Waals surface area contributed by atoms with E-state index in [1.807, 2.05) is 42.5 Å². The van der Waals surface area contributed by atoms with Crippen LogP contribution in [0.15, 0.2) is 59.8 Å². The summed E-state index contributed by atoms with van der Waals surface area (Å²) in [7, 11) is 0. The van der Waals surface area contributed by atoms with Gasteiger partial charge in [-0.15, -0.1) is 10.2 Å². The number of halogens is 1. The Balaban J connectivity index is 2.14. The van der Waals surface area contributed by atoms with Crippen LogP contribution in [-0.4, -0.2) is 20.0 Å². The molecule has 2 aromatic carbocycles. The molecule has 3 nitrogen and oxygen atoms in total. The maximum absolute atomic E-state index is 5.98. The van der Waals surface area contributed by atoms with Gasteiger partial charge in [-0.3, -0.25) is 4.57 Å². The maximum Gasteiger partial charge on any atom is 0.196 e. The van der Waals surface area contributed by atoms with Crippen molar-refractivity contribution in [2.24, 2.45) is 0 Å². The average molecular weight is 330 g/mol. The second-order valence-electron chi connectivity index (χ2n) is 5.15. The van der Waals surface area contributed by atoms with Crippen LogP contribution in [0.1, 0.15) is 13.8 Å². The third-order valence-corrected chi connectivity index (χ3v) is 4.29. The molecule has 3 aromatic rings. The molecule has 0 N–H and O–H groups in total. The van der Waals surface area contributed by atoms with Crippen molar-refractivity contribution < 1.29 is 0 Å². The zero-order chi connectivity index (χ0) is 15.5. The quantitative estimate of drug-likeness (QED) is 0.625. The number of para-hydroxylation sites is 1. The van der Waals surface area contributed by atoms with Gasteiger partial charge < -0.3 is 0 Å². The molecule has 0 spiro atoms. The monoisotopic (exact) mass is 329 g/mol. The lowest BCUT2D eigenvalue weighted by molar-refractivity contribution is 0.879. The molecule has 0 bridgehead atoms. The molecule has 0 radical (unpaired) electrons. The first-order valence-corrected chi connectivity index (χ1v) is 8.34. The predicted octanol–water partition coefficient (Wildman–Crippen LogP) is 5.09. The van der Waals surface area contributed by atoms with Gasteiger partial charge in [0.25, 0.3) is 0 Å². The van der Waals surface area contributed by atoms with Crippen LogP contribution in [0.25, 0.3) is 17.1 Å². The molecule has 0 saturated carbocycles. The Morgan fingerprint density at radius 2 is 1.64 bits per heavy atom. The Hall–Kier alpha value is -1.78. The van der Waals surface area contributed by atoms with Crippen molar-refractivity contribution in [1.29, 1.82) is 0 Å². The third-order valence-electron chi connectivity index (χ3n) is 3.09. The van der Waals surface area contributed by atoms with Gasteiger partial charge in [0.15, 0.2) is 11.0 Å². The molecule has 0 aliphatic carbocycles. The lowest BCUT2D eigenvalue weighted by Gasteiger charge is -2.11. The van der Waals surface area contributed by atoms with Crippen LogP contribution >= 0.6 is 23.4 Å². The van der Waals surface area contributed by atoms with E-state index < -0.39 is 0 Å². The molecular formula is C17H16ClN3S. The zero-order valence-electron chi connectivity index (χ0n) is 12.4. The standard InChI is InChI=1S/C17H16ClN3S/c1-12(2)22-17-20-19-16(13-8-10-14(18)11-9-13)21(17)15-6-4-3-5-7-15/h3-12H,1-2H3. The van der Waals surface area contributed by atoms with Crippen LogP contribution in [-0.2, 0) is 0 Å². The molecule has 0 unspecified atom stereocenters. The summed E-state index contributed by atoms with van der Waals surface area (Å²) < 4.78 is 2.09. The lowest BCUT2D eigenvalue weighted by atomic mass is 10.2. The highest BCUT2D eigenvalue weighted by Gasteiger charge is 2.16. The Bertz CT molecular complexity index is 751. The fourth-order valence-corrected chi connectivity index (χ4v) is 3.09. The van der Waals surface area contributed by atoms with Gasteiger partial charge in [-0.25, -0.2) is 0 Å². The van der Waals surface area contributed by atoms with Gasteiger partial charge in [0.2, 0.25) is 0 Å². The third kappa shape index (κ3) is 3.18. The van der Waals surface area contributed by atoms with Crippen LogP contribution in [0.5, 0.6) is 0 Å². The summed E-state index contributed by atoms with van der Waals surface area (Å²) in [6, 6.07) is 17.8. The normalized spacial score (nSPS) is 11.1. The number of hydrogen-bond acceptors (Lipinski definition) is 3. The number of aromatic nitrogens is 3. The number of nitrogens with zero attached hydrogens (tertiary/aromatic N) is 3. The summed E-state index contributed by atoms with van der Waals surface area (Å²) in [5, 5.41) is 10.8. The highest BCUT2D eigenvalue weighted by molar-refractivity contribution is 7.99. The average Bonchev–Trinajstić information content (AvgIpc) is 2.91. The lowest BCUT2D eigenvalue weighted by Crippen LogP contribution is -2.01. The van der Waals surface area contributed by atoms with Crippen molar-refractivity contribution in [3.8, 4) is 17.1 Å². The summed E-state index contributed by atoms with van der Waals surface area (Å²) in [4.78, 5) is 0. The van der Waals surface area contributed by atoms with Crippen molar-refractivity contribution in [2.75, 3.05) is 0 Å². The van der Waals surface area contributed by atoms with Gasteiger partial charge in [-0.05, 0) is 36.4 Å². The van der Waals surface area contributed by atoms with Crippen LogP contribution < -0.4 is 0 Å². The molecular weight excluding hydrogens is 314 g/mol. The summed E-state index contributed by atoms with van der Waals surface area (Å²) in [5.41, 5.74) is 2.05. The molecule has 0 fully saturated rings. The maximum atomic E-state index is 5.98. The van der Waals surface area contributed by atoms with Crippen LogP contribution in [0, 0.1) is 0 Å². The van der Waals surface area contributed by atoms with Gasteiger partial charge in [-0.2, -0.15) is 0 Å². The van der Waals surface area contributed by atoms with E-state index in [1.165, 1.54) is 0 Å². The van der Waals surface area contributed by atoms with E-state index in [2.05, 4.69) is 40.7 Å². The first-order chi connectivity index (χ1) is 10.6. The Kier molecular flexibility index (Phi) is 4.50. The summed E-state index contributed by atoms with van der Waals surface area (Å²) in [6.07, 6.45) is 0. The molecule has 1 heterocycles. The van der Waals surface area contributed by atoms with Gasteiger partial charge in [0.05, 0.1) is 0 Å². The predicted molar refractivity (Wildman–Crippen MR) is 92.8 cm³/mol. The highest BCUT2D eigenvalue weighted by atomic mass is 35.5. The second kappa shape index (κ2) is 6.55. The van der Waals surface area contributed by atoms with Crippen LogP contribution in [0.3, 0.4) is 0 Å². The first-order valence-electron chi connectivity index (χ1n) is 7.08. The molecule has 0 saturated heterocycles. The van der Waals surface area contributed by atoms with Crippen molar-refractivity contribution in [2.45, 2.75) is 24.3 Å². The molecule has 3 rings (SSSR count). The first kappa shape index (κ1) is 15.1. The molecule has 5 heteroatoms. The van der Waals surface area contributed by atoms with Crippen LogP contribution in [0.2, 0.25) is 5.02 Å². The summed E-state index contributed by atoms with van der Waals surface area (Å²) >= 11 is 7.68.